The summed E-state index contributed by atoms with van der Waals surface area (Å²) in [5.41, 5.74) is 0.993. The van der Waals surface area contributed by atoms with E-state index >= 15 is 0 Å². The van der Waals surface area contributed by atoms with Gasteiger partial charge in [0.15, 0.2) is 11.5 Å². The molecule has 0 aliphatic heterocycles. The van der Waals surface area contributed by atoms with Crippen molar-refractivity contribution in [2.45, 2.75) is 39.3 Å². The molecule has 2 amide bonds. The third-order valence-corrected chi connectivity index (χ3v) is 4.60. The molecule has 0 bridgehead atoms. The van der Waals surface area contributed by atoms with Gasteiger partial charge in [-0.3, -0.25) is 19.3 Å². The van der Waals surface area contributed by atoms with Crippen LogP contribution < -0.4 is 10.2 Å². The number of nitrogens with one attached hydrogen (secondary N) is 1. The molecule has 6 nitrogen and oxygen atoms in total. The number of nitrogens with zero attached hydrogens (tertiary/aromatic N) is 1. The highest BCUT2D eigenvalue weighted by molar-refractivity contribution is 6.09. The van der Waals surface area contributed by atoms with Crippen molar-refractivity contribution >= 4 is 23.3 Å². The van der Waals surface area contributed by atoms with E-state index in [1.807, 2.05) is 39.0 Å². The maximum Gasteiger partial charge on any atom is 0.294 e. The third kappa shape index (κ3) is 5.28. The van der Waals surface area contributed by atoms with E-state index in [9.17, 15) is 14.4 Å². The van der Waals surface area contributed by atoms with Gasteiger partial charge in [-0.15, -0.1) is 0 Å². The molecule has 31 heavy (non-hydrogen) atoms. The number of hydrogen-bond donors (Lipinski definition) is 1. The lowest BCUT2D eigenvalue weighted by atomic mass is 10.00. The fourth-order valence-electron chi connectivity index (χ4n) is 3.27. The lowest BCUT2D eigenvalue weighted by Crippen LogP contribution is -2.49. The first-order valence-electron chi connectivity index (χ1n) is 10.0. The van der Waals surface area contributed by atoms with Crippen molar-refractivity contribution in [2.75, 3.05) is 4.90 Å². The first-order valence-corrected chi connectivity index (χ1v) is 10.0. The molecule has 2 aromatic carbocycles. The Labute approximate surface area is 181 Å². The van der Waals surface area contributed by atoms with Crippen molar-refractivity contribution in [3.05, 3.63) is 89.9 Å². The Bertz CT molecular complexity index is 1070. The zero-order valence-corrected chi connectivity index (χ0v) is 18.1. The molecule has 6 heteroatoms. The number of amides is 2. The molecule has 0 aliphatic rings. The molecular weight excluding hydrogens is 392 g/mol. The van der Waals surface area contributed by atoms with Crippen LogP contribution in [0.25, 0.3) is 0 Å². The SMILES string of the molecule is CC(=O)c1cccc(N(C(=O)c2ccco2)[C@H](C(=O)NC(C)(C)C)c2ccccc2)c1. The molecule has 0 unspecified atom stereocenters. The number of anilines is 1. The molecule has 0 radical (unpaired) electrons. The molecule has 0 aliphatic carbocycles. The van der Waals surface area contributed by atoms with Gasteiger partial charge in [0.1, 0.15) is 6.04 Å². The number of ketones is 1. The summed E-state index contributed by atoms with van der Waals surface area (Å²) in [7, 11) is 0. The predicted molar refractivity (Wildman–Crippen MR) is 119 cm³/mol. The van der Waals surface area contributed by atoms with Crippen molar-refractivity contribution in [3.63, 3.8) is 0 Å². The highest BCUT2D eigenvalue weighted by Crippen LogP contribution is 2.31. The lowest BCUT2D eigenvalue weighted by Gasteiger charge is -2.33. The summed E-state index contributed by atoms with van der Waals surface area (Å²) in [6, 6.07) is 17.9. The minimum absolute atomic E-state index is 0.0951. The first-order chi connectivity index (χ1) is 14.7. The van der Waals surface area contributed by atoms with Crippen LogP contribution in [0.1, 0.15) is 60.2 Å². The second-order valence-electron chi connectivity index (χ2n) is 8.31. The van der Waals surface area contributed by atoms with Gasteiger partial charge in [-0.25, -0.2) is 0 Å². The standard InChI is InChI=1S/C25H26N2O4/c1-17(28)19-12-8-13-20(16-19)27(24(30)21-14-9-15-31-21)22(18-10-6-5-7-11-18)23(29)26-25(2,3)4/h5-16,22H,1-4H3,(H,26,29)/t22-/m0/s1. The molecule has 1 aromatic heterocycles. The predicted octanol–water partition coefficient (Wildman–Crippen LogP) is 4.79. The summed E-state index contributed by atoms with van der Waals surface area (Å²) in [6.07, 6.45) is 1.41. The van der Waals surface area contributed by atoms with Gasteiger partial charge < -0.3 is 9.73 Å². The molecule has 1 N–H and O–H groups in total. The van der Waals surface area contributed by atoms with Crippen LogP contribution in [0.5, 0.6) is 0 Å². The average Bonchev–Trinajstić information content (AvgIpc) is 3.25. The Hall–Kier alpha value is -3.67. The third-order valence-electron chi connectivity index (χ3n) is 4.60. The topological polar surface area (TPSA) is 79.6 Å². The number of carbonyl (C=O) groups is 3. The molecule has 3 aromatic rings. The summed E-state index contributed by atoms with van der Waals surface area (Å²) in [6.45, 7) is 7.09. The van der Waals surface area contributed by atoms with E-state index in [-0.39, 0.29) is 17.5 Å². The van der Waals surface area contributed by atoms with Gasteiger partial charge in [0, 0.05) is 16.8 Å². The van der Waals surface area contributed by atoms with Crippen LogP contribution in [0.3, 0.4) is 0 Å². The van der Waals surface area contributed by atoms with Gasteiger partial charge in [0.05, 0.1) is 6.26 Å². The van der Waals surface area contributed by atoms with Crippen molar-refractivity contribution in [1.29, 1.82) is 0 Å². The Morgan fingerprint density at radius 3 is 2.23 bits per heavy atom. The Morgan fingerprint density at radius 1 is 0.935 bits per heavy atom. The quantitative estimate of drug-likeness (QED) is 0.584. The van der Waals surface area contributed by atoms with Crippen LogP contribution in [-0.4, -0.2) is 23.1 Å². The fourth-order valence-corrected chi connectivity index (χ4v) is 3.27. The number of hydrogen-bond acceptors (Lipinski definition) is 4. The molecule has 0 saturated carbocycles. The molecule has 0 fully saturated rings. The maximum absolute atomic E-state index is 13.5. The largest absolute Gasteiger partial charge is 0.459 e. The van der Waals surface area contributed by atoms with Crippen molar-refractivity contribution < 1.29 is 18.8 Å². The van der Waals surface area contributed by atoms with Crippen LogP contribution in [0.2, 0.25) is 0 Å². The van der Waals surface area contributed by atoms with Crippen LogP contribution in [0.15, 0.2) is 77.4 Å². The number of Topliss-reactive ketones (excluding diaryl/α,β-unsaturated/α-hetero) is 1. The van der Waals surface area contributed by atoms with Gasteiger partial charge in [-0.2, -0.15) is 0 Å². The summed E-state index contributed by atoms with van der Waals surface area (Å²) < 4.78 is 5.35. The first kappa shape index (κ1) is 22.0. The monoisotopic (exact) mass is 418 g/mol. The summed E-state index contributed by atoms with van der Waals surface area (Å²) in [4.78, 5) is 40.4. The zero-order chi connectivity index (χ0) is 22.6. The van der Waals surface area contributed by atoms with E-state index in [1.165, 1.54) is 18.1 Å². The van der Waals surface area contributed by atoms with E-state index in [1.54, 1.807) is 48.5 Å². The molecular formula is C25H26N2O4. The van der Waals surface area contributed by atoms with E-state index in [2.05, 4.69) is 5.32 Å². The normalized spacial score (nSPS) is 12.1. The lowest BCUT2D eigenvalue weighted by molar-refractivity contribution is -0.123. The molecule has 1 atom stereocenters. The Kier molecular flexibility index (Phi) is 6.39. The van der Waals surface area contributed by atoms with Gasteiger partial charge in [-0.05, 0) is 57.5 Å². The number of rotatable bonds is 6. The van der Waals surface area contributed by atoms with Gasteiger partial charge in [0.25, 0.3) is 5.91 Å². The van der Waals surface area contributed by atoms with E-state index in [0.29, 0.717) is 16.8 Å². The summed E-state index contributed by atoms with van der Waals surface area (Å²) >= 11 is 0. The molecule has 160 valence electrons. The van der Waals surface area contributed by atoms with E-state index in [0.717, 1.165) is 0 Å². The number of furan rings is 1. The van der Waals surface area contributed by atoms with Gasteiger partial charge in [-0.1, -0.05) is 42.5 Å². The molecule has 0 saturated heterocycles. The fraction of sp³-hybridized carbons (Fsp3) is 0.240. The minimum atomic E-state index is -0.972. The molecule has 0 spiro atoms. The van der Waals surface area contributed by atoms with Gasteiger partial charge >= 0.3 is 0 Å². The summed E-state index contributed by atoms with van der Waals surface area (Å²) in [5, 5.41) is 2.98. The van der Waals surface area contributed by atoms with Crippen LogP contribution in [-0.2, 0) is 4.79 Å². The number of carbonyl (C=O) groups excluding carboxylic acids is 3. The highest BCUT2D eigenvalue weighted by Gasteiger charge is 2.36. The van der Waals surface area contributed by atoms with Crippen molar-refractivity contribution in [2.24, 2.45) is 0 Å². The average molecular weight is 418 g/mol. The van der Waals surface area contributed by atoms with Crippen LogP contribution in [0.4, 0.5) is 5.69 Å². The van der Waals surface area contributed by atoms with Gasteiger partial charge in [0.2, 0.25) is 5.91 Å². The number of benzene rings is 2. The maximum atomic E-state index is 13.5. The van der Waals surface area contributed by atoms with E-state index in [4.69, 9.17) is 4.42 Å². The van der Waals surface area contributed by atoms with Crippen LogP contribution in [0, 0.1) is 0 Å². The van der Waals surface area contributed by atoms with Crippen molar-refractivity contribution in [1.82, 2.24) is 5.32 Å². The minimum Gasteiger partial charge on any atom is -0.459 e. The van der Waals surface area contributed by atoms with Crippen LogP contribution >= 0.6 is 0 Å². The molecule has 1 heterocycles. The smallest absolute Gasteiger partial charge is 0.294 e. The Morgan fingerprint density at radius 2 is 1.65 bits per heavy atom. The second-order valence-corrected chi connectivity index (χ2v) is 8.31. The Balaban J connectivity index is 2.20. The zero-order valence-electron chi connectivity index (χ0n) is 18.1. The van der Waals surface area contributed by atoms with Crippen molar-refractivity contribution in [3.8, 4) is 0 Å². The second kappa shape index (κ2) is 9.00. The highest BCUT2D eigenvalue weighted by atomic mass is 16.3. The summed E-state index contributed by atoms with van der Waals surface area (Å²) in [5.74, 6) is -0.865. The van der Waals surface area contributed by atoms with E-state index < -0.39 is 17.5 Å². The molecule has 3 rings (SSSR count).